The van der Waals surface area contributed by atoms with Gasteiger partial charge in [0.2, 0.25) is 0 Å². The molecular formula is C15H19N3S. The summed E-state index contributed by atoms with van der Waals surface area (Å²) in [7, 11) is 0. The average molecular weight is 273 g/mol. The van der Waals surface area contributed by atoms with Crippen molar-refractivity contribution in [2.45, 2.75) is 24.0 Å². The molecule has 0 unspecified atom stereocenters. The number of nitrogens with two attached hydrogens (primary N) is 1. The molecule has 1 aromatic heterocycles. The topological polar surface area (TPSA) is 50.9 Å². The fourth-order valence-electron chi connectivity index (χ4n) is 2.65. The molecule has 3 nitrogen and oxygen atoms in total. The first-order valence-electron chi connectivity index (χ1n) is 6.65. The van der Waals surface area contributed by atoms with Crippen LogP contribution in [0.25, 0.3) is 10.8 Å². The second-order valence-electron chi connectivity index (χ2n) is 5.22. The quantitative estimate of drug-likeness (QED) is 0.837. The number of aromatic nitrogens is 1. The van der Waals surface area contributed by atoms with Crippen LogP contribution in [0.4, 0.5) is 11.4 Å². The molecule has 2 aromatic rings. The van der Waals surface area contributed by atoms with Crippen LogP contribution in [0.15, 0.2) is 30.6 Å². The van der Waals surface area contributed by atoms with Crippen molar-refractivity contribution in [3.63, 3.8) is 0 Å². The number of nitrogens with one attached hydrogen (secondary N) is 1. The van der Waals surface area contributed by atoms with Crippen molar-refractivity contribution < 1.29 is 0 Å². The molecule has 3 N–H and O–H groups in total. The van der Waals surface area contributed by atoms with Crippen LogP contribution in [-0.4, -0.2) is 22.5 Å². The van der Waals surface area contributed by atoms with Crippen LogP contribution in [0.5, 0.6) is 0 Å². The summed E-state index contributed by atoms with van der Waals surface area (Å²) in [5.41, 5.74) is 7.96. The van der Waals surface area contributed by atoms with Crippen LogP contribution in [-0.2, 0) is 0 Å². The van der Waals surface area contributed by atoms with Crippen molar-refractivity contribution in [1.29, 1.82) is 0 Å². The van der Waals surface area contributed by atoms with Gasteiger partial charge in [-0.25, -0.2) is 0 Å². The van der Waals surface area contributed by atoms with Crippen molar-refractivity contribution in [2.24, 2.45) is 0 Å². The molecule has 1 aliphatic rings. The molecule has 4 heteroatoms. The van der Waals surface area contributed by atoms with Crippen LogP contribution in [0.1, 0.15) is 19.3 Å². The number of nitrogen functional groups attached to an aromatic ring is 1. The summed E-state index contributed by atoms with van der Waals surface area (Å²) in [5, 5.41) is 5.78. The Labute approximate surface area is 118 Å². The van der Waals surface area contributed by atoms with Crippen molar-refractivity contribution in [3.05, 3.63) is 30.6 Å². The number of pyridine rings is 1. The molecule has 0 spiro atoms. The molecule has 19 heavy (non-hydrogen) atoms. The lowest BCUT2D eigenvalue weighted by Crippen LogP contribution is -2.40. The predicted octanol–water partition coefficient (Wildman–Crippen LogP) is 3.51. The molecule has 1 aromatic carbocycles. The van der Waals surface area contributed by atoms with Crippen LogP contribution in [0.3, 0.4) is 0 Å². The standard InChI is InChI=1S/C15H19N3S/c1-19-15(6-2-7-15)10-18-14-4-3-13(16)11-5-8-17-9-12(11)14/h3-5,8-9,18H,2,6-7,10,16H2,1H3. The fourth-order valence-corrected chi connectivity index (χ4v) is 3.56. The van der Waals surface area contributed by atoms with Gasteiger partial charge in [0, 0.05) is 45.8 Å². The SMILES string of the molecule is CSC1(CNc2ccc(N)c3ccncc23)CCC1. The van der Waals surface area contributed by atoms with E-state index in [4.69, 9.17) is 5.73 Å². The Morgan fingerprint density at radius 1 is 1.32 bits per heavy atom. The maximum Gasteiger partial charge on any atom is 0.0437 e. The van der Waals surface area contributed by atoms with Gasteiger partial charge in [0.15, 0.2) is 0 Å². The molecule has 100 valence electrons. The van der Waals surface area contributed by atoms with Gasteiger partial charge in [0.25, 0.3) is 0 Å². The van der Waals surface area contributed by atoms with Crippen molar-refractivity contribution >= 4 is 33.9 Å². The summed E-state index contributed by atoms with van der Waals surface area (Å²) < 4.78 is 0.427. The van der Waals surface area contributed by atoms with E-state index in [-0.39, 0.29) is 0 Å². The Morgan fingerprint density at radius 3 is 2.84 bits per heavy atom. The minimum Gasteiger partial charge on any atom is -0.398 e. The van der Waals surface area contributed by atoms with Crippen molar-refractivity contribution in [3.8, 4) is 0 Å². The molecule has 1 saturated carbocycles. The zero-order valence-electron chi connectivity index (χ0n) is 11.1. The summed E-state index contributed by atoms with van der Waals surface area (Å²) in [5.74, 6) is 0. The smallest absolute Gasteiger partial charge is 0.0437 e. The van der Waals surface area contributed by atoms with Crippen LogP contribution >= 0.6 is 11.8 Å². The molecule has 0 amide bonds. The molecule has 1 heterocycles. The van der Waals surface area contributed by atoms with Crippen molar-refractivity contribution in [2.75, 3.05) is 23.9 Å². The lowest BCUT2D eigenvalue weighted by molar-refractivity contribution is 0.380. The van der Waals surface area contributed by atoms with Gasteiger partial charge < -0.3 is 11.1 Å². The molecule has 1 aliphatic carbocycles. The van der Waals surface area contributed by atoms with Gasteiger partial charge in [-0.05, 0) is 37.3 Å². The maximum atomic E-state index is 6.01. The minimum atomic E-state index is 0.427. The largest absolute Gasteiger partial charge is 0.398 e. The number of nitrogens with zero attached hydrogens (tertiary/aromatic N) is 1. The molecule has 1 fully saturated rings. The van der Waals surface area contributed by atoms with Crippen LogP contribution in [0.2, 0.25) is 0 Å². The maximum absolute atomic E-state index is 6.01. The van der Waals surface area contributed by atoms with Gasteiger partial charge >= 0.3 is 0 Å². The molecule has 0 atom stereocenters. The Balaban J connectivity index is 1.87. The molecule has 0 radical (unpaired) electrons. The molecular weight excluding hydrogens is 254 g/mol. The lowest BCUT2D eigenvalue weighted by atomic mass is 9.84. The second kappa shape index (κ2) is 4.93. The van der Waals surface area contributed by atoms with E-state index in [0.717, 1.165) is 28.7 Å². The summed E-state index contributed by atoms with van der Waals surface area (Å²) in [6.45, 7) is 1.02. The van der Waals surface area contributed by atoms with Gasteiger partial charge in [0.1, 0.15) is 0 Å². The van der Waals surface area contributed by atoms with E-state index in [1.54, 1.807) is 6.20 Å². The number of benzene rings is 1. The fraction of sp³-hybridized carbons (Fsp3) is 0.400. The first-order valence-corrected chi connectivity index (χ1v) is 7.88. The molecule has 3 rings (SSSR count). The number of hydrogen-bond acceptors (Lipinski definition) is 4. The number of anilines is 2. The van der Waals surface area contributed by atoms with Gasteiger partial charge in [-0.2, -0.15) is 11.8 Å². The van der Waals surface area contributed by atoms with E-state index in [1.165, 1.54) is 19.3 Å². The van der Waals surface area contributed by atoms with Crippen LogP contribution in [0, 0.1) is 0 Å². The Kier molecular flexibility index (Phi) is 3.27. The first kappa shape index (κ1) is 12.6. The van der Waals surface area contributed by atoms with Gasteiger partial charge in [-0.15, -0.1) is 0 Å². The second-order valence-corrected chi connectivity index (χ2v) is 6.49. The van der Waals surface area contributed by atoms with E-state index >= 15 is 0 Å². The summed E-state index contributed by atoms with van der Waals surface area (Å²) in [6.07, 6.45) is 9.87. The summed E-state index contributed by atoms with van der Waals surface area (Å²) in [4.78, 5) is 4.21. The zero-order valence-corrected chi connectivity index (χ0v) is 12.0. The van der Waals surface area contributed by atoms with Crippen LogP contribution < -0.4 is 11.1 Å². The highest BCUT2D eigenvalue weighted by atomic mass is 32.2. The van der Waals surface area contributed by atoms with E-state index in [2.05, 4.69) is 22.6 Å². The molecule has 0 aliphatic heterocycles. The highest BCUT2D eigenvalue weighted by molar-refractivity contribution is 8.00. The van der Waals surface area contributed by atoms with Gasteiger partial charge in [-0.1, -0.05) is 6.42 Å². The Morgan fingerprint density at radius 2 is 2.16 bits per heavy atom. The number of hydrogen-bond donors (Lipinski definition) is 2. The Hall–Kier alpha value is -1.42. The third-order valence-corrected chi connectivity index (χ3v) is 5.57. The van der Waals surface area contributed by atoms with Gasteiger partial charge in [0.05, 0.1) is 0 Å². The Bertz CT molecular complexity index is 587. The highest BCUT2D eigenvalue weighted by Gasteiger charge is 2.35. The highest BCUT2D eigenvalue weighted by Crippen LogP contribution is 2.43. The third kappa shape index (κ3) is 2.25. The summed E-state index contributed by atoms with van der Waals surface area (Å²) >= 11 is 1.98. The molecule has 0 bridgehead atoms. The lowest BCUT2D eigenvalue weighted by Gasteiger charge is -2.40. The van der Waals surface area contributed by atoms with E-state index in [1.807, 2.05) is 30.1 Å². The summed E-state index contributed by atoms with van der Waals surface area (Å²) in [6, 6.07) is 6.01. The first-order chi connectivity index (χ1) is 9.24. The zero-order chi connectivity index (χ0) is 13.3. The van der Waals surface area contributed by atoms with Crippen molar-refractivity contribution in [1.82, 2.24) is 4.98 Å². The number of fused-ring (bicyclic) bond motifs is 1. The predicted molar refractivity (Wildman–Crippen MR) is 84.7 cm³/mol. The van der Waals surface area contributed by atoms with E-state index < -0.39 is 0 Å². The van der Waals surface area contributed by atoms with E-state index in [9.17, 15) is 0 Å². The average Bonchev–Trinajstić information content (AvgIpc) is 2.41. The normalized spacial score (nSPS) is 17.1. The van der Waals surface area contributed by atoms with E-state index in [0.29, 0.717) is 4.75 Å². The van der Waals surface area contributed by atoms with Gasteiger partial charge in [-0.3, -0.25) is 4.98 Å². The third-order valence-electron chi connectivity index (χ3n) is 4.15. The minimum absolute atomic E-state index is 0.427. The number of thioether (sulfide) groups is 1. The monoisotopic (exact) mass is 273 g/mol. The molecule has 0 saturated heterocycles. The number of rotatable bonds is 4.